The van der Waals surface area contributed by atoms with Gasteiger partial charge in [0.25, 0.3) is 0 Å². The summed E-state index contributed by atoms with van der Waals surface area (Å²) >= 11 is 0. The van der Waals surface area contributed by atoms with Gasteiger partial charge in [0.15, 0.2) is 6.73 Å². The zero-order valence-electron chi connectivity index (χ0n) is 13.8. The van der Waals surface area contributed by atoms with Crippen LogP contribution in [0.15, 0.2) is 0 Å². The predicted octanol–water partition coefficient (Wildman–Crippen LogP) is -1.71. The minimum absolute atomic E-state index is 0.320. The summed E-state index contributed by atoms with van der Waals surface area (Å²) < 4.78 is 4.53. The van der Waals surface area contributed by atoms with E-state index in [-0.39, 0.29) is 6.73 Å². The van der Waals surface area contributed by atoms with Crippen LogP contribution in [-0.4, -0.2) is 59.7 Å². The van der Waals surface area contributed by atoms with E-state index in [2.05, 4.69) is 20.7 Å². The van der Waals surface area contributed by atoms with Crippen LogP contribution in [0.5, 0.6) is 0 Å². The Morgan fingerprint density at radius 3 is 1.67 bits per heavy atom. The van der Waals surface area contributed by atoms with Crippen molar-refractivity contribution in [3.8, 4) is 0 Å². The number of carbonyl (C=O) groups excluding carboxylic acids is 4. The number of hydrogen-bond acceptors (Lipinski definition) is 6. The Balaban J connectivity index is 4.33. The summed E-state index contributed by atoms with van der Waals surface area (Å²) in [6.07, 6.45) is -1.37. The second kappa shape index (κ2) is 10.0. The molecule has 0 radical (unpaired) electrons. The van der Waals surface area contributed by atoms with Gasteiger partial charge in [-0.3, -0.25) is 19.2 Å². The molecule has 0 fully saturated rings. The van der Waals surface area contributed by atoms with Gasteiger partial charge >= 0.3 is 12.1 Å². The average Bonchev–Trinajstić information content (AvgIpc) is 2.45. The topological polar surface area (TPSA) is 163 Å². The van der Waals surface area contributed by atoms with Crippen molar-refractivity contribution in [2.24, 2.45) is 0 Å². The SMILES string of the molecule is CC(=O)OCNC(=O)[C@H](C)NC(=O)[C@H](C)NC(=O)[C@H](C)NC(=O)O. The summed E-state index contributed by atoms with van der Waals surface area (Å²) in [6, 6.07) is -2.96. The third-order valence-corrected chi connectivity index (χ3v) is 2.76. The monoisotopic (exact) mass is 346 g/mol. The van der Waals surface area contributed by atoms with Gasteiger partial charge in [-0.05, 0) is 20.8 Å². The number of carboxylic acid groups (broad SMARTS) is 1. The molecule has 0 aliphatic rings. The molecule has 0 spiro atoms. The van der Waals surface area contributed by atoms with E-state index in [1.807, 2.05) is 5.32 Å². The molecule has 0 aliphatic carbocycles. The lowest BCUT2D eigenvalue weighted by Crippen LogP contribution is -2.54. The van der Waals surface area contributed by atoms with E-state index in [9.17, 15) is 24.0 Å². The quantitative estimate of drug-likeness (QED) is 0.258. The number of carbonyl (C=O) groups is 5. The Kier molecular flexibility index (Phi) is 8.83. The summed E-state index contributed by atoms with van der Waals surface area (Å²) in [5.74, 6) is -2.47. The molecule has 4 amide bonds. The van der Waals surface area contributed by atoms with Gasteiger partial charge in [-0.1, -0.05) is 0 Å². The molecule has 3 atom stereocenters. The van der Waals surface area contributed by atoms with Crippen molar-refractivity contribution >= 4 is 29.8 Å². The Morgan fingerprint density at radius 2 is 1.25 bits per heavy atom. The van der Waals surface area contributed by atoms with Gasteiger partial charge in [-0.25, -0.2) is 4.79 Å². The maximum Gasteiger partial charge on any atom is 0.405 e. The first-order valence-electron chi connectivity index (χ1n) is 7.05. The maximum absolute atomic E-state index is 11.9. The second-order valence-corrected chi connectivity index (χ2v) is 4.95. The first-order valence-corrected chi connectivity index (χ1v) is 7.05. The molecular weight excluding hydrogens is 324 g/mol. The zero-order valence-corrected chi connectivity index (χ0v) is 13.8. The highest BCUT2D eigenvalue weighted by Crippen LogP contribution is 1.90. The lowest BCUT2D eigenvalue weighted by atomic mass is 10.2. The van der Waals surface area contributed by atoms with Crippen LogP contribution in [0.1, 0.15) is 27.7 Å². The molecule has 0 rings (SSSR count). The Morgan fingerprint density at radius 1 is 0.833 bits per heavy atom. The third kappa shape index (κ3) is 8.56. The largest absolute Gasteiger partial charge is 0.465 e. The Hall–Kier alpha value is -2.85. The number of amides is 4. The van der Waals surface area contributed by atoms with E-state index >= 15 is 0 Å². The predicted molar refractivity (Wildman–Crippen MR) is 80.6 cm³/mol. The molecule has 5 N–H and O–H groups in total. The highest BCUT2D eigenvalue weighted by atomic mass is 16.5. The van der Waals surface area contributed by atoms with E-state index in [0.29, 0.717) is 0 Å². The van der Waals surface area contributed by atoms with Gasteiger partial charge < -0.3 is 31.1 Å². The van der Waals surface area contributed by atoms with Gasteiger partial charge in [0.05, 0.1) is 0 Å². The molecule has 0 heterocycles. The molecule has 0 saturated carbocycles. The summed E-state index contributed by atoms with van der Waals surface area (Å²) in [7, 11) is 0. The van der Waals surface area contributed by atoms with Crippen molar-refractivity contribution in [3.63, 3.8) is 0 Å². The van der Waals surface area contributed by atoms with Crippen molar-refractivity contribution in [2.75, 3.05) is 6.73 Å². The molecule has 11 heteroatoms. The van der Waals surface area contributed by atoms with Crippen molar-refractivity contribution in [3.05, 3.63) is 0 Å². The third-order valence-electron chi connectivity index (χ3n) is 2.76. The minimum Gasteiger partial charge on any atom is -0.465 e. The van der Waals surface area contributed by atoms with E-state index in [0.717, 1.165) is 0 Å². The molecular formula is C13H22N4O7. The molecule has 0 aromatic carbocycles. The normalized spacial score (nSPS) is 13.7. The van der Waals surface area contributed by atoms with E-state index in [1.54, 1.807) is 0 Å². The summed E-state index contributed by atoms with van der Waals surface area (Å²) in [5, 5.41) is 17.4. The molecule has 11 nitrogen and oxygen atoms in total. The van der Waals surface area contributed by atoms with Crippen LogP contribution in [0.2, 0.25) is 0 Å². The number of esters is 1. The first kappa shape index (κ1) is 21.1. The molecule has 24 heavy (non-hydrogen) atoms. The number of nitrogens with one attached hydrogen (secondary N) is 4. The van der Waals surface area contributed by atoms with Crippen LogP contribution in [0, 0.1) is 0 Å². The Labute approximate surface area is 138 Å². The smallest absolute Gasteiger partial charge is 0.405 e. The maximum atomic E-state index is 11.9. The van der Waals surface area contributed by atoms with Crippen molar-refractivity contribution in [1.82, 2.24) is 21.3 Å². The van der Waals surface area contributed by atoms with Crippen LogP contribution in [-0.2, 0) is 23.9 Å². The first-order chi connectivity index (χ1) is 11.0. The highest BCUT2D eigenvalue weighted by Gasteiger charge is 2.23. The fourth-order valence-electron chi connectivity index (χ4n) is 1.42. The number of hydrogen-bond donors (Lipinski definition) is 5. The standard InChI is InChI=1S/C13H22N4O7/c1-6(10(19)14-5-24-9(4)18)15-11(20)7(2)16-12(21)8(3)17-13(22)23/h6-8,17H,5H2,1-4H3,(H,14,19)(H,15,20)(H,16,21)(H,22,23)/t6-,7-,8-/m0/s1. The minimum atomic E-state index is -1.37. The van der Waals surface area contributed by atoms with Crippen LogP contribution in [0.4, 0.5) is 4.79 Å². The fraction of sp³-hybridized carbons (Fsp3) is 0.615. The molecule has 0 unspecified atom stereocenters. The summed E-state index contributed by atoms with van der Waals surface area (Å²) in [5.41, 5.74) is 0. The van der Waals surface area contributed by atoms with E-state index in [4.69, 9.17) is 5.11 Å². The lowest BCUT2D eigenvalue weighted by molar-refractivity contribution is -0.143. The van der Waals surface area contributed by atoms with Gasteiger partial charge in [-0.2, -0.15) is 0 Å². The van der Waals surface area contributed by atoms with Crippen LogP contribution in [0.3, 0.4) is 0 Å². The van der Waals surface area contributed by atoms with Crippen molar-refractivity contribution < 1.29 is 33.8 Å². The Bertz CT molecular complexity index is 509. The van der Waals surface area contributed by atoms with Crippen molar-refractivity contribution in [2.45, 2.75) is 45.8 Å². The number of rotatable bonds is 8. The molecule has 0 bridgehead atoms. The van der Waals surface area contributed by atoms with Crippen LogP contribution < -0.4 is 21.3 Å². The zero-order chi connectivity index (χ0) is 18.9. The van der Waals surface area contributed by atoms with Crippen LogP contribution in [0.25, 0.3) is 0 Å². The molecule has 0 aromatic heterocycles. The van der Waals surface area contributed by atoms with Gasteiger partial charge in [0.1, 0.15) is 18.1 Å². The van der Waals surface area contributed by atoms with Gasteiger partial charge in [0, 0.05) is 6.92 Å². The number of ether oxygens (including phenoxy) is 1. The molecule has 0 aliphatic heterocycles. The van der Waals surface area contributed by atoms with Crippen molar-refractivity contribution in [1.29, 1.82) is 0 Å². The molecule has 0 aromatic rings. The lowest BCUT2D eigenvalue weighted by Gasteiger charge is -2.19. The van der Waals surface area contributed by atoms with E-state index < -0.39 is 47.9 Å². The fourth-order valence-corrected chi connectivity index (χ4v) is 1.42. The average molecular weight is 346 g/mol. The molecule has 136 valence electrons. The van der Waals surface area contributed by atoms with E-state index in [1.165, 1.54) is 27.7 Å². The summed E-state index contributed by atoms with van der Waals surface area (Å²) in [4.78, 5) is 56.2. The van der Waals surface area contributed by atoms with Gasteiger partial charge in [-0.15, -0.1) is 0 Å². The second-order valence-electron chi connectivity index (χ2n) is 4.95. The highest BCUT2D eigenvalue weighted by molar-refractivity contribution is 5.93. The van der Waals surface area contributed by atoms with Gasteiger partial charge in [0.2, 0.25) is 17.7 Å². The molecule has 0 saturated heterocycles. The van der Waals surface area contributed by atoms with Crippen LogP contribution >= 0.6 is 0 Å². The summed E-state index contributed by atoms with van der Waals surface area (Å²) in [6.45, 7) is 4.97.